The molecule has 3 rings (SSSR count). The molecule has 0 bridgehead atoms. The van der Waals surface area contributed by atoms with Crippen LogP contribution in [0, 0.1) is 5.92 Å². The minimum atomic E-state index is 0.673. The van der Waals surface area contributed by atoms with Gasteiger partial charge in [-0.2, -0.15) is 0 Å². The molecule has 0 unspecified atom stereocenters. The first-order valence-electron chi connectivity index (χ1n) is 7.11. The van der Waals surface area contributed by atoms with E-state index in [9.17, 15) is 0 Å². The number of fused-ring (bicyclic) bond motifs is 1. The molecule has 0 saturated carbocycles. The minimum absolute atomic E-state index is 0.673. The first kappa shape index (κ1) is 13.2. The molecule has 106 valence electrons. The number of benzene rings is 1. The van der Waals surface area contributed by atoms with Crippen molar-refractivity contribution in [1.82, 2.24) is 4.98 Å². The zero-order valence-electron chi connectivity index (χ0n) is 11.8. The number of hydrogen-bond acceptors (Lipinski definition) is 4. The van der Waals surface area contributed by atoms with Gasteiger partial charge in [-0.1, -0.05) is 6.07 Å². The predicted molar refractivity (Wildman–Crippen MR) is 80.3 cm³/mol. The largest absolute Gasteiger partial charge is 0.497 e. The molecule has 1 saturated heterocycles. The first-order chi connectivity index (χ1) is 9.86. The third kappa shape index (κ3) is 2.85. The van der Waals surface area contributed by atoms with E-state index in [-0.39, 0.29) is 0 Å². The molecule has 1 aliphatic rings. The molecule has 2 aromatic rings. The maximum Gasteiger partial charge on any atom is 0.133 e. The molecule has 0 amide bonds. The van der Waals surface area contributed by atoms with E-state index in [1.807, 2.05) is 24.4 Å². The third-order valence-electron chi connectivity index (χ3n) is 3.87. The van der Waals surface area contributed by atoms with Crippen molar-refractivity contribution in [3.63, 3.8) is 0 Å². The topological polar surface area (TPSA) is 43.4 Å². The molecule has 0 radical (unpaired) electrons. The van der Waals surface area contributed by atoms with Gasteiger partial charge in [-0.25, -0.2) is 4.98 Å². The molecular formula is C16H20N2O2. The zero-order valence-corrected chi connectivity index (χ0v) is 11.8. The number of hydrogen-bond donors (Lipinski definition) is 1. The van der Waals surface area contributed by atoms with E-state index in [0.29, 0.717) is 5.92 Å². The highest BCUT2D eigenvalue weighted by atomic mass is 16.5. The second-order valence-corrected chi connectivity index (χ2v) is 5.18. The van der Waals surface area contributed by atoms with Crippen LogP contribution in [0.25, 0.3) is 10.8 Å². The molecule has 0 spiro atoms. The highest BCUT2D eigenvalue weighted by Crippen LogP contribution is 2.26. The number of ether oxygens (including phenoxy) is 2. The van der Waals surface area contributed by atoms with Crippen LogP contribution in [0.2, 0.25) is 0 Å². The van der Waals surface area contributed by atoms with E-state index < -0.39 is 0 Å². The maximum absolute atomic E-state index is 5.39. The Labute approximate surface area is 119 Å². The average Bonchev–Trinajstić information content (AvgIpc) is 2.53. The van der Waals surface area contributed by atoms with Crippen molar-refractivity contribution in [3.05, 3.63) is 30.5 Å². The highest BCUT2D eigenvalue weighted by molar-refractivity contribution is 5.92. The SMILES string of the molecule is COc1ccc2ccnc(NCC3CCOCC3)c2c1. The molecule has 2 heterocycles. The average molecular weight is 272 g/mol. The molecule has 4 nitrogen and oxygen atoms in total. The van der Waals surface area contributed by atoms with Crippen LogP contribution in [0.4, 0.5) is 5.82 Å². The Morgan fingerprint density at radius 1 is 1.30 bits per heavy atom. The molecule has 1 N–H and O–H groups in total. The van der Waals surface area contributed by atoms with Crippen molar-refractivity contribution in [2.45, 2.75) is 12.8 Å². The van der Waals surface area contributed by atoms with E-state index in [1.165, 1.54) is 5.39 Å². The van der Waals surface area contributed by atoms with Crippen LogP contribution in [0.15, 0.2) is 30.5 Å². The Bertz CT molecular complexity index is 580. The summed E-state index contributed by atoms with van der Waals surface area (Å²) < 4.78 is 10.7. The third-order valence-corrected chi connectivity index (χ3v) is 3.87. The molecule has 1 aromatic carbocycles. The van der Waals surface area contributed by atoms with Gasteiger partial charge in [0.25, 0.3) is 0 Å². The summed E-state index contributed by atoms with van der Waals surface area (Å²) in [5.74, 6) is 2.47. The Kier molecular flexibility index (Phi) is 4.02. The van der Waals surface area contributed by atoms with Crippen LogP contribution < -0.4 is 10.1 Å². The lowest BCUT2D eigenvalue weighted by Gasteiger charge is -2.22. The Morgan fingerprint density at radius 3 is 2.95 bits per heavy atom. The smallest absolute Gasteiger partial charge is 0.133 e. The van der Waals surface area contributed by atoms with Crippen molar-refractivity contribution in [3.8, 4) is 5.75 Å². The number of methoxy groups -OCH3 is 1. The van der Waals surface area contributed by atoms with Gasteiger partial charge in [0.2, 0.25) is 0 Å². The highest BCUT2D eigenvalue weighted by Gasteiger charge is 2.14. The van der Waals surface area contributed by atoms with E-state index in [2.05, 4.69) is 16.4 Å². The van der Waals surface area contributed by atoms with Gasteiger partial charge in [0.1, 0.15) is 11.6 Å². The second-order valence-electron chi connectivity index (χ2n) is 5.18. The fourth-order valence-electron chi connectivity index (χ4n) is 2.61. The van der Waals surface area contributed by atoms with Crippen molar-refractivity contribution < 1.29 is 9.47 Å². The summed E-state index contributed by atoms with van der Waals surface area (Å²) in [6.07, 6.45) is 4.10. The molecular weight excluding hydrogens is 252 g/mol. The first-order valence-corrected chi connectivity index (χ1v) is 7.11. The fourth-order valence-corrected chi connectivity index (χ4v) is 2.61. The number of rotatable bonds is 4. The van der Waals surface area contributed by atoms with Crippen molar-refractivity contribution >= 4 is 16.6 Å². The van der Waals surface area contributed by atoms with Crippen LogP contribution in [-0.2, 0) is 4.74 Å². The van der Waals surface area contributed by atoms with E-state index in [1.54, 1.807) is 7.11 Å². The van der Waals surface area contributed by atoms with E-state index in [0.717, 1.165) is 49.6 Å². The van der Waals surface area contributed by atoms with Gasteiger partial charge in [0.05, 0.1) is 7.11 Å². The molecule has 1 fully saturated rings. The monoisotopic (exact) mass is 272 g/mol. The van der Waals surface area contributed by atoms with E-state index in [4.69, 9.17) is 9.47 Å². The van der Waals surface area contributed by atoms with Gasteiger partial charge in [-0.05, 0) is 42.3 Å². The molecule has 1 aliphatic heterocycles. The zero-order chi connectivity index (χ0) is 13.8. The van der Waals surface area contributed by atoms with Crippen LogP contribution in [0.5, 0.6) is 5.75 Å². The van der Waals surface area contributed by atoms with Gasteiger partial charge < -0.3 is 14.8 Å². The Morgan fingerprint density at radius 2 is 2.15 bits per heavy atom. The summed E-state index contributed by atoms with van der Waals surface area (Å²) in [6.45, 7) is 2.71. The quantitative estimate of drug-likeness (QED) is 0.929. The standard InChI is InChI=1S/C16H20N2O2/c1-19-14-3-2-13-4-7-17-16(15(13)10-14)18-11-12-5-8-20-9-6-12/h2-4,7,10,12H,5-6,8-9,11H2,1H3,(H,17,18). The molecule has 0 aliphatic carbocycles. The van der Waals surface area contributed by atoms with E-state index >= 15 is 0 Å². The van der Waals surface area contributed by atoms with Crippen molar-refractivity contribution in [2.75, 3.05) is 32.2 Å². The molecule has 4 heteroatoms. The van der Waals surface area contributed by atoms with Crippen LogP contribution in [-0.4, -0.2) is 31.9 Å². The van der Waals surface area contributed by atoms with Gasteiger partial charge in [-0.15, -0.1) is 0 Å². The number of nitrogens with zero attached hydrogens (tertiary/aromatic N) is 1. The van der Waals surface area contributed by atoms with Crippen LogP contribution in [0.3, 0.4) is 0 Å². The Hall–Kier alpha value is -1.81. The summed E-state index contributed by atoms with van der Waals surface area (Å²) in [6, 6.07) is 8.10. The van der Waals surface area contributed by atoms with Crippen LogP contribution >= 0.6 is 0 Å². The number of aromatic nitrogens is 1. The lowest BCUT2D eigenvalue weighted by Crippen LogP contribution is -2.22. The molecule has 0 atom stereocenters. The summed E-state index contributed by atoms with van der Waals surface area (Å²) in [5.41, 5.74) is 0. The Balaban J connectivity index is 1.79. The van der Waals surface area contributed by atoms with Crippen molar-refractivity contribution in [2.24, 2.45) is 5.92 Å². The summed E-state index contributed by atoms with van der Waals surface area (Å²) in [7, 11) is 1.69. The number of anilines is 1. The minimum Gasteiger partial charge on any atom is -0.497 e. The van der Waals surface area contributed by atoms with Gasteiger partial charge >= 0.3 is 0 Å². The summed E-state index contributed by atoms with van der Waals surface area (Å²) in [5, 5.41) is 5.77. The normalized spacial score (nSPS) is 16.2. The fraction of sp³-hybridized carbons (Fsp3) is 0.438. The summed E-state index contributed by atoms with van der Waals surface area (Å²) in [4.78, 5) is 4.47. The number of pyridine rings is 1. The van der Waals surface area contributed by atoms with Crippen molar-refractivity contribution in [1.29, 1.82) is 0 Å². The van der Waals surface area contributed by atoms with Gasteiger partial charge in [0, 0.05) is 31.3 Å². The molecule has 20 heavy (non-hydrogen) atoms. The lowest BCUT2D eigenvalue weighted by molar-refractivity contribution is 0.0699. The van der Waals surface area contributed by atoms with Gasteiger partial charge in [0.15, 0.2) is 0 Å². The maximum atomic E-state index is 5.39. The molecule has 1 aromatic heterocycles. The predicted octanol–water partition coefficient (Wildman–Crippen LogP) is 3.08. The summed E-state index contributed by atoms with van der Waals surface area (Å²) >= 11 is 0. The van der Waals surface area contributed by atoms with Gasteiger partial charge in [-0.3, -0.25) is 0 Å². The number of nitrogens with one attached hydrogen (secondary N) is 1. The van der Waals surface area contributed by atoms with Crippen LogP contribution in [0.1, 0.15) is 12.8 Å². The lowest BCUT2D eigenvalue weighted by atomic mass is 10.0. The second kappa shape index (κ2) is 6.09.